The van der Waals surface area contributed by atoms with Crippen LogP contribution in [0.25, 0.3) is 0 Å². The summed E-state index contributed by atoms with van der Waals surface area (Å²) < 4.78 is 5.46. The summed E-state index contributed by atoms with van der Waals surface area (Å²) in [4.78, 5) is 23.5. The van der Waals surface area contributed by atoms with Gasteiger partial charge in [0, 0.05) is 12.1 Å². The minimum Gasteiger partial charge on any atom is -0.466 e. The number of anilines is 1. The molecule has 0 fully saturated rings. The van der Waals surface area contributed by atoms with Crippen molar-refractivity contribution in [3.05, 3.63) is 23.2 Å². The van der Waals surface area contributed by atoms with Gasteiger partial charge in [-0.25, -0.2) is 0 Å². The number of rotatable bonds is 1. The highest BCUT2D eigenvalue weighted by Crippen LogP contribution is 2.35. The van der Waals surface area contributed by atoms with E-state index in [1.807, 2.05) is 0 Å². The monoisotopic (exact) mass is 254 g/mol. The SMILES string of the molecule is CNC(=O)C1(C)Oc2ccc(Cl)cc2NC1=O. The summed E-state index contributed by atoms with van der Waals surface area (Å²) >= 11 is 5.80. The van der Waals surface area contributed by atoms with Crippen molar-refractivity contribution in [1.82, 2.24) is 5.32 Å². The van der Waals surface area contributed by atoms with E-state index in [0.717, 1.165) is 0 Å². The molecule has 1 aromatic rings. The molecule has 1 aliphatic heterocycles. The average molecular weight is 255 g/mol. The molecule has 0 aromatic heterocycles. The van der Waals surface area contributed by atoms with Crippen LogP contribution in [0.4, 0.5) is 5.69 Å². The second kappa shape index (κ2) is 3.92. The van der Waals surface area contributed by atoms with Gasteiger partial charge in [0.15, 0.2) is 0 Å². The van der Waals surface area contributed by atoms with Gasteiger partial charge in [-0.05, 0) is 25.1 Å². The van der Waals surface area contributed by atoms with Crippen LogP contribution in [0, 0.1) is 0 Å². The molecule has 5 nitrogen and oxygen atoms in total. The molecule has 6 heteroatoms. The molecule has 1 unspecified atom stereocenters. The first-order chi connectivity index (χ1) is 7.97. The van der Waals surface area contributed by atoms with Gasteiger partial charge in [-0.15, -0.1) is 0 Å². The number of halogens is 1. The summed E-state index contributed by atoms with van der Waals surface area (Å²) in [5.41, 5.74) is -1.10. The molecular formula is C11H11ClN2O3. The molecule has 1 aromatic carbocycles. The summed E-state index contributed by atoms with van der Waals surface area (Å²) in [6, 6.07) is 4.80. The van der Waals surface area contributed by atoms with Gasteiger partial charge >= 0.3 is 0 Å². The standard InChI is InChI=1S/C11H11ClN2O3/c1-11(9(15)13-2)10(16)14-7-5-6(12)3-4-8(7)17-11/h3-5H,1-2H3,(H,13,15)(H,14,16). The fraction of sp³-hybridized carbons (Fsp3) is 0.273. The fourth-order valence-corrected chi connectivity index (χ4v) is 1.76. The highest BCUT2D eigenvalue weighted by atomic mass is 35.5. The smallest absolute Gasteiger partial charge is 0.278 e. The first-order valence-corrected chi connectivity index (χ1v) is 5.37. The van der Waals surface area contributed by atoms with E-state index in [1.165, 1.54) is 14.0 Å². The third-order valence-corrected chi connectivity index (χ3v) is 2.83. The number of likely N-dealkylation sites (N-methyl/N-ethyl adjacent to an activating group) is 1. The Labute approximate surface area is 103 Å². The molecule has 0 spiro atoms. The van der Waals surface area contributed by atoms with Crippen molar-refractivity contribution in [3.8, 4) is 5.75 Å². The second-order valence-electron chi connectivity index (χ2n) is 3.81. The average Bonchev–Trinajstić information content (AvgIpc) is 2.30. The zero-order valence-corrected chi connectivity index (χ0v) is 10.1. The van der Waals surface area contributed by atoms with E-state index in [9.17, 15) is 9.59 Å². The third kappa shape index (κ3) is 1.82. The normalized spacial score (nSPS) is 22.2. The Morgan fingerprint density at radius 3 is 2.88 bits per heavy atom. The molecule has 0 saturated carbocycles. The molecule has 0 saturated heterocycles. The van der Waals surface area contributed by atoms with Crippen LogP contribution >= 0.6 is 11.6 Å². The van der Waals surface area contributed by atoms with Crippen molar-refractivity contribution in [2.45, 2.75) is 12.5 Å². The van der Waals surface area contributed by atoms with Gasteiger partial charge in [0.25, 0.3) is 17.4 Å². The number of ether oxygens (including phenoxy) is 1. The lowest BCUT2D eigenvalue weighted by Gasteiger charge is -2.32. The van der Waals surface area contributed by atoms with Crippen LogP contribution in [0.15, 0.2) is 18.2 Å². The Balaban J connectivity index is 2.43. The Hall–Kier alpha value is -1.75. The molecule has 2 rings (SSSR count). The number of hydrogen-bond acceptors (Lipinski definition) is 3. The summed E-state index contributed by atoms with van der Waals surface area (Å²) in [5.74, 6) is -0.609. The van der Waals surface area contributed by atoms with E-state index in [2.05, 4.69) is 10.6 Å². The first kappa shape index (κ1) is 11.7. The summed E-state index contributed by atoms with van der Waals surface area (Å²) in [7, 11) is 1.45. The van der Waals surface area contributed by atoms with Crippen LogP contribution in [-0.2, 0) is 9.59 Å². The molecule has 0 aliphatic carbocycles. The van der Waals surface area contributed by atoms with E-state index in [4.69, 9.17) is 16.3 Å². The van der Waals surface area contributed by atoms with Crippen molar-refractivity contribution in [3.63, 3.8) is 0 Å². The fourth-order valence-electron chi connectivity index (χ4n) is 1.58. The maximum Gasteiger partial charge on any atom is 0.278 e. The summed E-state index contributed by atoms with van der Waals surface area (Å²) in [5, 5.41) is 5.48. The van der Waals surface area contributed by atoms with Crippen molar-refractivity contribution in [1.29, 1.82) is 0 Å². The Kier molecular flexibility index (Phi) is 2.71. The second-order valence-corrected chi connectivity index (χ2v) is 4.25. The lowest BCUT2D eigenvalue weighted by molar-refractivity contribution is -0.146. The Morgan fingerprint density at radius 1 is 1.53 bits per heavy atom. The predicted molar refractivity (Wildman–Crippen MR) is 63.2 cm³/mol. The number of carbonyl (C=O) groups is 2. The number of benzene rings is 1. The quantitative estimate of drug-likeness (QED) is 0.740. The number of amides is 2. The van der Waals surface area contributed by atoms with Gasteiger partial charge in [0.05, 0.1) is 5.69 Å². The van der Waals surface area contributed by atoms with E-state index in [0.29, 0.717) is 16.5 Å². The highest BCUT2D eigenvalue weighted by Gasteiger charge is 2.46. The third-order valence-electron chi connectivity index (χ3n) is 2.60. The van der Waals surface area contributed by atoms with Crippen molar-refractivity contribution >= 4 is 29.1 Å². The van der Waals surface area contributed by atoms with Crippen LogP contribution in [0.1, 0.15) is 6.92 Å². The van der Waals surface area contributed by atoms with E-state index >= 15 is 0 Å². The number of nitrogens with one attached hydrogen (secondary N) is 2. The van der Waals surface area contributed by atoms with Crippen LogP contribution in [0.5, 0.6) is 5.75 Å². The molecule has 17 heavy (non-hydrogen) atoms. The van der Waals surface area contributed by atoms with Gasteiger partial charge in [0.1, 0.15) is 5.75 Å². The van der Waals surface area contributed by atoms with Gasteiger partial charge in [-0.1, -0.05) is 11.6 Å². The molecule has 1 heterocycles. The molecule has 90 valence electrons. The van der Waals surface area contributed by atoms with E-state index in [1.54, 1.807) is 18.2 Å². The van der Waals surface area contributed by atoms with E-state index in [-0.39, 0.29) is 0 Å². The van der Waals surface area contributed by atoms with Crippen LogP contribution < -0.4 is 15.4 Å². The molecule has 2 amide bonds. The first-order valence-electron chi connectivity index (χ1n) is 4.99. The topological polar surface area (TPSA) is 67.4 Å². The van der Waals surface area contributed by atoms with Gasteiger partial charge in [0.2, 0.25) is 0 Å². The van der Waals surface area contributed by atoms with Gasteiger partial charge < -0.3 is 15.4 Å². The zero-order valence-electron chi connectivity index (χ0n) is 9.33. The van der Waals surface area contributed by atoms with Gasteiger partial charge in [-0.2, -0.15) is 0 Å². The largest absolute Gasteiger partial charge is 0.466 e. The van der Waals surface area contributed by atoms with Crippen molar-refractivity contribution in [2.24, 2.45) is 0 Å². The highest BCUT2D eigenvalue weighted by molar-refractivity contribution is 6.31. The number of carbonyl (C=O) groups excluding carboxylic acids is 2. The van der Waals surface area contributed by atoms with Gasteiger partial charge in [-0.3, -0.25) is 9.59 Å². The summed E-state index contributed by atoms with van der Waals surface area (Å²) in [6.45, 7) is 1.42. The van der Waals surface area contributed by atoms with Crippen molar-refractivity contribution < 1.29 is 14.3 Å². The lowest BCUT2D eigenvalue weighted by Crippen LogP contribution is -2.58. The van der Waals surface area contributed by atoms with Crippen molar-refractivity contribution in [2.75, 3.05) is 12.4 Å². The van der Waals surface area contributed by atoms with Crippen LogP contribution in [0.3, 0.4) is 0 Å². The molecule has 0 bridgehead atoms. The molecule has 1 atom stereocenters. The Morgan fingerprint density at radius 2 is 2.24 bits per heavy atom. The maximum absolute atomic E-state index is 11.9. The molecular weight excluding hydrogens is 244 g/mol. The molecule has 2 N–H and O–H groups in total. The zero-order chi connectivity index (χ0) is 12.6. The minimum atomic E-state index is -1.56. The lowest BCUT2D eigenvalue weighted by atomic mass is 10.0. The maximum atomic E-state index is 11.9. The minimum absolute atomic E-state index is 0.417. The predicted octanol–water partition coefficient (Wildman–Crippen LogP) is 1.18. The van der Waals surface area contributed by atoms with E-state index < -0.39 is 17.4 Å². The van der Waals surface area contributed by atoms with Crippen LogP contribution in [0.2, 0.25) is 5.02 Å². The molecule has 1 aliphatic rings. The Bertz CT molecular complexity index is 503. The van der Waals surface area contributed by atoms with Crippen LogP contribution in [-0.4, -0.2) is 24.5 Å². The molecule has 0 radical (unpaired) electrons. The summed E-state index contributed by atoms with van der Waals surface area (Å²) in [6.07, 6.45) is 0. The number of fused-ring (bicyclic) bond motifs is 1. The number of hydrogen-bond donors (Lipinski definition) is 2.